The van der Waals surface area contributed by atoms with Crippen LogP contribution in [0.15, 0.2) is 0 Å². The maximum absolute atomic E-state index is 5.84. The Hall–Kier alpha value is -0.120. The maximum Gasteiger partial charge on any atom is 0.0247 e. The van der Waals surface area contributed by atoms with Crippen molar-refractivity contribution in [2.75, 3.05) is 13.1 Å². The van der Waals surface area contributed by atoms with E-state index in [1.165, 1.54) is 0 Å². The van der Waals surface area contributed by atoms with Gasteiger partial charge in [-0.1, -0.05) is 0 Å². The second kappa shape index (κ2) is 4.21. The van der Waals surface area contributed by atoms with Gasteiger partial charge in [0.05, 0.1) is 0 Å². The van der Waals surface area contributed by atoms with E-state index in [0.29, 0.717) is 6.54 Å². The van der Waals surface area contributed by atoms with Gasteiger partial charge in [-0.3, -0.25) is 0 Å². The summed E-state index contributed by atoms with van der Waals surface area (Å²) in [4.78, 5) is 0. The van der Waals surface area contributed by atoms with E-state index in [9.17, 15) is 0 Å². The molecule has 5 N–H and O–H groups in total. The van der Waals surface area contributed by atoms with Crippen molar-refractivity contribution in [3.05, 3.63) is 0 Å². The Morgan fingerprint density at radius 2 is 1.67 bits per heavy atom. The molecule has 0 spiro atoms. The van der Waals surface area contributed by atoms with Gasteiger partial charge in [-0.05, 0) is 40.7 Å². The zero-order valence-corrected chi connectivity index (χ0v) is 8.78. The Morgan fingerprint density at radius 1 is 1.17 bits per heavy atom. The standard InChI is InChI=1S/C9H23N3/c1-8(2,11)5-6-12-9(3,4)7-10/h12H,5-7,10-11H2,1-4H3. The van der Waals surface area contributed by atoms with Crippen molar-refractivity contribution in [2.45, 2.75) is 45.2 Å². The molecule has 0 saturated carbocycles. The first-order chi connectivity index (χ1) is 5.27. The molecule has 0 aromatic rings. The fourth-order valence-electron chi connectivity index (χ4n) is 0.795. The zero-order chi connectivity index (χ0) is 9.83. The highest BCUT2D eigenvalue weighted by Crippen LogP contribution is 2.04. The van der Waals surface area contributed by atoms with Gasteiger partial charge in [0.2, 0.25) is 0 Å². The van der Waals surface area contributed by atoms with Crippen LogP contribution in [0.2, 0.25) is 0 Å². The normalized spacial score (nSPS) is 13.5. The van der Waals surface area contributed by atoms with Crippen LogP contribution in [-0.4, -0.2) is 24.2 Å². The third-order valence-electron chi connectivity index (χ3n) is 1.88. The van der Waals surface area contributed by atoms with Gasteiger partial charge in [0, 0.05) is 17.6 Å². The molecule has 0 aromatic carbocycles. The monoisotopic (exact) mass is 173 g/mol. The molecule has 0 aliphatic carbocycles. The molecule has 0 radical (unpaired) electrons. The van der Waals surface area contributed by atoms with Crippen molar-refractivity contribution in [1.82, 2.24) is 5.32 Å². The topological polar surface area (TPSA) is 64.1 Å². The highest BCUT2D eigenvalue weighted by Gasteiger charge is 2.16. The largest absolute Gasteiger partial charge is 0.329 e. The average molecular weight is 173 g/mol. The summed E-state index contributed by atoms with van der Waals surface area (Å²) in [5.41, 5.74) is 11.3. The van der Waals surface area contributed by atoms with Crippen molar-refractivity contribution in [3.8, 4) is 0 Å². The minimum absolute atomic E-state index is 0.0330. The molecule has 0 fully saturated rings. The second-order valence-corrected chi connectivity index (χ2v) is 4.75. The van der Waals surface area contributed by atoms with Gasteiger partial charge in [-0.2, -0.15) is 0 Å². The van der Waals surface area contributed by atoms with Crippen molar-refractivity contribution >= 4 is 0 Å². The van der Waals surface area contributed by atoms with Gasteiger partial charge < -0.3 is 16.8 Å². The average Bonchev–Trinajstić information content (AvgIpc) is 1.84. The van der Waals surface area contributed by atoms with Gasteiger partial charge >= 0.3 is 0 Å². The Labute approximate surface area is 75.9 Å². The van der Waals surface area contributed by atoms with Crippen molar-refractivity contribution < 1.29 is 0 Å². The van der Waals surface area contributed by atoms with Crippen LogP contribution in [0.3, 0.4) is 0 Å². The Balaban J connectivity index is 3.57. The molecule has 0 aliphatic heterocycles. The van der Waals surface area contributed by atoms with E-state index in [1.54, 1.807) is 0 Å². The minimum Gasteiger partial charge on any atom is -0.329 e. The summed E-state index contributed by atoms with van der Waals surface area (Å²) in [6.45, 7) is 9.83. The first kappa shape index (κ1) is 11.9. The smallest absolute Gasteiger partial charge is 0.0247 e. The second-order valence-electron chi connectivity index (χ2n) is 4.75. The van der Waals surface area contributed by atoms with Crippen LogP contribution in [0.5, 0.6) is 0 Å². The van der Waals surface area contributed by atoms with E-state index >= 15 is 0 Å². The lowest BCUT2D eigenvalue weighted by atomic mass is 10.0. The van der Waals surface area contributed by atoms with Crippen molar-refractivity contribution in [3.63, 3.8) is 0 Å². The lowest BCUT2D eigenvalue weighted by Crippen LogP contribution is -2.48. The molecule has 0 aromatic heterocycles. The molecule has 0 bridgehead atoms. The minimum atomic E-state index is -0.0856. The third kappa shape index (κ3) is 6.58. The van der Waals surface area contributed by atoms with E-state index < -0.39 is 0 Å². The fourth-order valence-corrected chi connectivity index (χ4v) is 0.795. The molecule has 0 heterocycles. The van der Waals surface area contributed by atoms with Crippen molar-refractivity contribution in [1.29, 1.82) is 0 Å². The maximum atomic E-state index is 5.84. The summed E-state index contributed by atoms with van der Waals surface area (Å²) in [5.74, 6) is 0. The fraction of sp³-hybridized carbons (Fsp3) is 1.00. The van der Waals surface area contributed by atoms with Crippen LogP contribution in [0.25, 0.3) is 0 Å². The lowest BCUT2D eigenvalue weighted by Gasteiger charge is -2.27. The van der Waals surface area contributed by atoms with E-state index in [-0.39, 0.29) is 11.1 Å². The van der Waals surface area contributed by atoms with Crippen molar-refractivity contribution in [2.24, 2.45) is 11.5 Å². The molecular formula is C9H23N3. The van der Waals surface area contributed by atoms with Gasteiger partial charge in [0.1, 0.15) is 0 Å². The van der Waals surface area contributed by atoms with Gasteiger partial charge in [0.15, 0.2) is 0 Å². The quantitative estimate of drug-likeness (QED) is 0.565. The molecule has 3 nitrogen and oxygen atoms in total. The highest BCUT2D eigenvalue weighted by atomic mass is 15.0. The van der Waals surface area contributed by atoms with Crippen LogP contribution in [-0.2, 0) is 0 Å². The van der Waals surface area contributed by atoms with Crippen LogP contribution in [0, 0.1) is 0 Å². The van der Waals surface area contributed by atoms with Gasteiger partial charge in [-0.25, -0.2) is 0 Å². The van der Waals surface area contributed by atoms with E-state index in [2.05, 4.69) is 19.2 Å². The summed E-state index contributed by atoms with van der Waals surface area (Å²) in [6, 6.07) is 0. The predicted molar refractivity (Wildman–Crippen MR) is 54.0 cm³/mol. The molecule has 74 valence electrons. The Bertz CT molecular complexity index is 124. The zero-order valence-electron chi connectivity index (χ0n) is 8.78. The predicted octanol–water partition coefficient (Wildman–Crippen LogP) is 0.441. The summed E-state index contributed by atoms with van der Waals surface area (Å²) in [5, 5.41) is 3.36. The Morgan fingerprint density at radius 3 is 2.00 bits per heavy atom. The van der Waals surface area contributed by atoms with Crippen LogP contribution < -0.4 is 16.8 Å². The molecule has 12 heavy (non-hydrogen) atoms. The van der Waals surface area contributed by atoms with Crippen LogP contribution in [0.1, 0.15) is 34.1 Å². The van der Waals surface area contributed by atoms with Gasteiger partial charge in [0.25, 0.3) is 0 Å². The summed E-state index contributed by atoms with van der Waals surface area (Å²) in [6.07, 6.45) is 0.969. The summed E-state index contributed by atoms with van der Waals surface area (Å²) < 4.78 is 0. The van der Waals surface area contributed by atoms with E-state index in [0.717, 1.165) is 13.0 Å². The molecule has 0 atom stereocenters. The SMILES string of the molecule is CC(C)(N)CCNC(C)(C)CN. The van der Waals surface area contributed by atoms with E-state index in [1.807, 2.05) is 13.8 Å². The molecule has 0 rings (SSSR count). The number of hydrogen-bond donors (Lipinski definition) is 3. The lowest BCUT2D eigenvalue weighted by molar-refractivity contribution is 0.363. The highest BCUT2D eigenvalue weighted by molar-refractivity contribution is 4.80. The summed E-state index contributed by atoms with van der Waals surface area (Å²) in [7, 11) is 0. The van der Waals surface area contributed by atoms with Gasteiger partial charge in [-0.15, -0.1) is 0 Å². The molecule has 0 unspecified atom stereocenters. The van der Waals surface area contributed by atoms with Crippen LogP contribution >= 0.6 is 0 Å². The Kier molecular flexibility index (Phi) is 4.17. The first-order valence-electron chi connectivity index (χ1n) is 4.51. The first-order valence-corrected chi connectivity index (χ1v) is 4.51. The number of nitrogens with one attached hydrogen (secondary N) is 1. The number of nitrogens with two attached hydrogens (primary N) is 2. The number of hydrogen-bond acceptors (Lipinski definition) is 3. The molecule has 0 amide bonds. The van der Waals surface area contributed by atoms with Crippen LogP contribution in [0.4, 0.5) is 0 Å². The molecular weight excluding hydrogens is 150 g/mol. The molecule has 3 heteroatoms. The molecule has 0 saturated heterocycles. The summed E-state index contributed by atoms with van der Waals surface area (Å²) >= 11 is 0. The van der Waals surface area contributed by atoms with E-state index in [4.69, 9.17) is 11.5 Å². The molecule has 0 aliphatic rings. The number of rotatable bonds is 5. The third-order valence-corrected chi connectivity index (χ3v) is 1.88.